The van der Waals surface area contributed by atoms with Gasteiger partial charge in [0.05, 0.1) is 17.9 Å². The molecule has 4 aliphatic rings. The number of carbonyl (C=O) groups excluding carboxylic acids is 1. The van der Waals surface area contributed by atoms with Crippen molar-refractivity contribution in [2.24, 2.45) is 23.7 Å². The van der Waals surface area contributed by atoms with E-state index in [1.54, 1.807) is 0 Å². The van der Waals surface area contributed by atoms with Gasteiger partial charge in [0.2, 0.25) is 0 Å². The third-order valence-electron chi connectivity index (χ3n) is 10.7. The number of amides is 1. The summed E-state index contributed by atoms with van der Waals surface area (Å²) < 4.78 is 16.1. The minimum Gasteiger partial charge on any atom is -0.490 e. The molecule has 0 aromatic heterocycles. The number of nitrogens with one attached hydrogen (secondary N) is 1. The second-order valence-electron chi connectivity index (χ2n) is 13.4. The molecular weight excluding hydrogens is 564 g/mol. The largest absolute Gasteiger partial charge is 0.490 e. The first-order valence-corrected chi connectivity index (χ1v) is 17.4. The normalized spacial score (nSPS) is 35.6. The Labute approximate surface area is 259 Å². The first-order chi connectivity index (χ1) is 20.1. The van der Waals surface area contributed by atoms with Gasteiger partial charge in [-0.05, 0) is 104 Å². The van der Waals surface area contributed by atoms with Crippen LogP contribution in [0.4, 0.5) is 5.69 Å². The summed E-state index contributed by atoms with van der Waals surface area (Å²) in [5.41, 5.74) is 3.90. The minimum absolute atomic E-state index is 0.0661. The Morgan fingerprint density at radius 3 is 2.79 bits per heavy atom. The van der Waals surface area contributed by atoms with E-state index in [9.17, 15) is 4.79 Å². The average molecular weight is 609 g/mol. The lowest BCUT2D eigenvalue weighted by molar-refractivity contribution is -0.0623. The van der Waals surface area contributed by atoms with Gasteiger partial charge in [-0.15, -0.1) is 10.7 Å². The lowest BCUT2D eigenvalue weighted by atomic mass is 9.64. The van der Waals surface area contributed by atoms with Crippen molar-refractivity contribution in [2.75, 3.05) is 37.5 Å². The Bertz CT molecular complexity index is 1410. The molecule has 226 valence electrons. The number of ether oxygens (including phenoxy) is 2. The molecule has 2 heterocycles. The summed E-state index contributed by atoms with van der Waals surface area (Å²) in [6, 6.07) is 12.3. The highest BCUT2D eigenvalue weighted by Crippen LogP contribution is 2.49. The van der Waals surface area contributed by atoms with Gasteiger partial charge in [0.25, 0.3) is 5.91 Å². The first-order valence-electron chi connectivity index (χ1n) is 15.5. The minimum atomic E-state index is -0.487. The third kappa shape index (κ3) is 5.55. The van der Waals surface area contributed by atoms with Crippen LogP contribution >= 0.6 is 22.3 Å². The zero-order valence-electron chi connectivity index (χ0n) is 25.5. The standard InChI is InChI=1S/C35H45ClN2O3S/c1-23-14-16-34(3,40-4)29-11-8-27(29)19-38-21-35(15-6-7-25-17-28(36)10-12-30(25)35)22-41-32-13-9-26(18-31(32)38)33(39)37-42(5)20-24(23)2/h9-10,12-14,16-18,23-24,27,29H,5-8,11,15,19-22H2,1-4H3,(H,37,39)/b16-14+/t23-,24?,27?,29?,34-,35-,42?/m0/s1. The van der Waals surface area contributed by atoms with E-state index in [2.05, 4.69) is 60.5 Å². The van der Waals surface area contributed by atoms with Crippen LogP contribution in [0.25, 0.3) is 0 Å². The molecule has 1 amide bonds. The number of allylic oxidation sites excluding steroid dienone is 1. The molecule has 1 N–H and O–H groups in total. The number of benzene rings is 2. The molecule has 4 unspecified atom stereocenters. The van der Waals surface area contributed by atoms with E-state index in [1.165, 1.54) is 17.5 Å². The smallest absolute Gasteiger partial charge is 0.260 e. The summed E-state index contributed by atoms with van der Waals surface area (Å²) >= 11 is 6.45. The molecule has 7 atom stereocenters. The van der Waals surface area contributed by atoms with E-state index in [1.807, 2.05) is 31.4 Å². The van der Waals surface area contributed by atoms with Crippen molar-refractivity contribution >= 4 is 39.7 Å². The molecule has 2 aromatic carbocycles. The Kier molecular flexibility index (Phi) is 8.27. The Balaban J connectivity index is 1.43. The van der Waals surface area contributed by atoms with Crippen molar-refractivity contribution < 1.29 is 14.3 Å². The van der Waals surface area contributed by atoms with Crippen LogP contribution in [0, 0.1) is 23.7 Å². The van der Waals surface area contributed by atoms with E-state index in [0.29, 0.717) is 35.8 Å². The lowest BCUT2D eigenvalue weighted by Gasteiger charge is -2.49. The van der Waals surface area contributed by atoms with Gasteiger partial charge in [-0.25, -0.2) is 0 Å². The van der Waals surface area contributed by atoms with Gasteiger partial charge in [-0.3, -0.25) is 4.79 Å². The van der Waals surface area contributed by atoms with Crippen LogP contribution in [0.1, 0.15) is 67.9 Å². The van der Waals surface area contributed by atoms with Crippen molar-refractivity contribution in [3.63, 3.8) is 0 Å². The molecule has 1 saturated carbocycles. The monoisotopic (exact) mass is 608 g/mol. The molecule has 6 rings (SSSR count). The fraction of sp³-hybridized carbons (Fsp3) is 0.543. The number of halogens is 1. The van der Waals surface area contributed by atoms with Gasteiger partial charge in [0.1, 0.15) is 5.75 Å². The Morgan fingerprint density at radius 1 is 1.19 bits per heavy atom. The topological polar surface area (TPSA) is 50.8 Å². The number of nitrogens with zero attached hydrogens (tertiary/aromatic N) is 1. The number of anilines is 1. The Morgan fingerprint density at radius 2 is 2.02 bits per heavy atom. The van der Waals surface area contributed by atoms with Crippen LogP contribution in [0.5, 0.6) is 5.75 Å². The highest BCUT2D eigenvalue weighted by Gasteiger charge is 2.47. The van der Waals surface area contributed by atoms with Crippen LogP contribution in [0.3, 0.4) is 0 Å². The number of rotatable bonds is 1. The number of fused-ring (bicyclic) bond motifs is 4. The maximum absolute atomic E-state index is 13.5. The second kappa shape index (κ2) is 11.7. The van der Waals surface area contributed by atoms with Crippen molar-refractivity contribution in [3.05, 3.63) is 70.3 Å². The van der Waals surface area contributed by atoms with Crippen LogP contribution in [-0.4, -0.2) is 49.9 Å². The quantitative estimate of drug-likeness (QED) is 0.270. The summed E-state index contributed by atoms with van der Waals surface area (Å²) in [5, 5.41) is 0.793. The number of methoxy groups -OCH3 is 1. The number of aryl methyl sites for hydroxylation is 1. The highest BCUT2D eigenvalue weighted by atomic mass is 35.5. The summed E-state index contributed by atoms with van der Waals surface area (Å²) in [7, 11) is 1.37. The van der Waals surface area contributed by atoms with Crippen molar-refractivity contribution in [1.29, 1.82) is 0 Å². The van der Waals surface area contributed by atoms with E-state index < -0.39 is 10.7 Å². The average Bonchev–Trinajstić information content (AvgIpc) is 3.10. The zero-order valence-corrected chi connectivity index (χ0v) is 27.0. The number of hydrogen-bond acceptors (Lipinski definition) is 4. The van der Waals surface area contributed by atoms with Crippen LogP contribution < -0.4 is 14.4 Å². The summed E-state index contributed by atoms with van der Waals surface area (Å²) in [6.07, 6.45) is 10.2. The van der Waals surface area contributed by atoms with Gasteiger partial charge in [0, 0.05) is 42.0 Å². The van der Waals surface area contributed by atoms with E-state index in [-0.39, 0.29) is 16.9 Å². The molecule has 2 aliphatic heterocycles. The molecule has 0 saturated heterocycles. The maximum atomic E-state index is 13.5. The van der Waals surface area contributed by atoms with Crippen LogP contribution in [0.2, 0.25) is 5.02 Å². The molecule has 1 spiro atoms. The molecule has 2 bridgehead atoms. The molecule has 7 heteroatoms. The molecule has 42 heavy (non-hydrogen) atoms. The summed E-state index contributed by atoms with van der Waals surface area (Å²) in [6.45, 7) is 9.12. The van der Waals surface area contributed by atoms with Crippen molar-refractivity contribution in [3.8, 4) is 5.75 Å². The molecule has 1 fully saturated rings. The first kappa shape index (κ1) is 29.8. The van der Waals surface area contributed by atoms with Gasteiger partial charge in [0.15, 0.2) is 0 Å². The van der Waals surface area contributed by atoms with Gasteiger partial charge < -0.3 is 19.1 Å². The predicted molar refractivity (Wildman–Crippen MR) is 176 cm³/mol. The summed E-state index contributed by atoms with van der Waals surface area (Å²) in [4.78, 5) is 16.0. The van der Waals surface area contributed by atoms with Gasteiger partial charge >= 0.3 is 0 Å². The summed E-state index contributed by atoms with van der Waals surface area (Å²) in [5.74, 6) is 7.56. The lowest BCUT2D eigenvalue weighted by Crippen LogP contribution is -2.52. The predicted octanol–water partition coefficient (Wildman–Crippen LogP) is 7.43. The highest BCUT2D eigenvalue weighted by molar-refractivity contribution is 8.12. The van der Waals surface area contributed by atoms with Crippen molar-refractivity contribution in [1.82, 2.24) is 4.72 Å². The van der Waals surface area contributed by atoms with E-state index in [4.69, 9.17) is 21.1 Å². The molecule has 0 radical (unpaired) electrons. The Hall–Kier alpha value is -2.28. The van der Waals surface area contributed by atoms with Crippen molar-refractivity contribution in [2.45, 2.75) is 63.9 Å². The van der Waals surface area contributed by atoms with Crippen LogP contribution in [0.15, 0.2) is 48.6 Å². The fourth-order valence-electron chi connectivity index (χ4n) is 7.66. The van der Waals surface area contributed by atoms with Gasteiger partial charge in [-0.1, -0.05) is 49.5 Å². The fourth-order valence-corrected chi connectivity index (χ4v) is 9.25. The van der Waals surface area contributed by atoms with E-state index >= 15 is 0 Å². The molecule has 2 aliphatic carbocycles. The van der Waals surface area contributed by atoms with E-state index in [0.717, 1.165) is 61.0 Å². The number of carbonyl (C=O) groups is 1. The molecule has 2 aromatic rings. The maximum Gasteiger partial charge on any atom is 0.260 e. The SMILES string of the molecule is C=S1CC(C)[C@@H](C)/C=C/[C@](C)(OC)C2CCC2CN2C[C@@]3(CCCc4cc(Cl)ccc43)COc3ccc(cc32)C(=O)N1. The molecular formula is C35H45ClN2O3S. The molecule has 5 nitrogen and oxygen atoms in total. The zero-order chi connectivity index (χ0) is 29.6. The van der Waals surface area contributed by atoms with Gasteiger partial charge in [-0.2, -0.15) is 0 Å². The third-order valence-corrected chi connectivity index (χ3v) is 12.3. The second-order valence-corrected chi connectivity index (χ2v) is 15.4. The van der Waals surface area contributed by atoms with Crippen LogP contribution in [-0.2, 0) is 16.6 Å². The number of hydrogen-bond donors (Lipinski definition) is 1.